The maximum absolute atomic E-state index is 10.9. The summed E-state index contributed by atoms with van der Waals surface area (Å²) in [6, 6.07) is 19.8. The second-order valence-corrected chi connectivity index (χ2v) is 3.83. The van der Waals surface area contributed by atoms with Crippen LogP contribution in [0.3, 0.4) is 0 Å². The summed E-state index contributed by atoms with van der Waals surface area (Å²) >= 11 is 0. The first-order valence-electron chi connectivity index (χ1n) is 5.53. The monoisotopic (exact) mass is 221 g/mol. The van der Waals surface area contributed by atoms with Gasteiger partial charge in [-0.15, -0.1) is 0 Å². The predicted octanol–water partition coefficient (Wildman–Crippen LogP) is 3.62. The van der Waals surface area contributed by atoms with E-state index in [-0.39, 0.29) is 0 Å². The van der Waals surface area contributed by atoms with Crippen LogP contribution in [0.5, 0.6) is 0 Å². The SMILES string of the molecule is CC([C]=O)=C(c1ccccc1)c1ccccc1. The lowest BCUT2D eigenvalue weighted by Gasteiger charge is -2.09. The number of hydrogen-bond acceptors (Lipinski definition) is 1. The van der Waals surface area contributed by atoms with E-state index in [1.54, 1.807) is 6.92 Å². The van der Waals surface area contributed by atoms with Crippen LogP contribution in [0, 0.1) is 0 Å². The van der Waals surface area contributed by atoms with Crippen molar-refractivity contribution in [2.45, 2.75) is 6.92 Å². The van der Waals surface area contributed by atoms with Crippen LogP contribution in [-0.2, 0) is 4.79 Å². The van der Waals surface area contributed by atoms with Gasteiger partial charge in [0.05, 0.1) is 0 Å². The first-order chi connectivity index (χ1) is 8.33. The van der Waals surface area contributed by atoms with Gasteiger partial charge in [0.25, 0.3) is 0 Å². The fourth-order valence-electron chi connectivity index (χ4n) is 1.86. The molecule has 0 saturated carbocycles. The molecule has 2 aromatic rings. The van der Waals surface area contributed by atoms with Crippen LogP contribution in [0.2, 0.25) is 0 Å². The smallest absolute Gasteiger partial charge is 0.229 e. The van der Waals surface area contributed by atoms with Crippen molar-refractivity contribution >= 4 is 11.9 Å². The van der Waals surface area contributed by atoms with Gasteiger partial charge in [-0.05, 0) is 23.6 Å². The predicted molar refractivity (Wildman–Crippen MR) is 70.3 cm³/mol. The van der Waals surface area contributed by atoms with Gasteiger partial charge in [0.2, 0.25) is 6.29 Å². The molecule has 83 valence electrons. The molecule has 0 aromatic heterocycles. The van der Waals surface area contributed by atoms with Crippen molar-refractivity contribution in [3.63, 3.8) is 0 Å². The summed E-state index contributed by atoms with van der Waals surface area (Å²) in [4.78, 5) is 10.9. The molecule has 2 rings (SSSR count). The Morgan fingerprint density at radius 1 is 0.824 bits per heavy atom. The maximum atomic E-state index is 10.9. The normalized spacial score (nSPS) is 9.71. The van der Waals surface area contributed by atoms with Gasteiger partial charge in [-0.3, -0.25) is 4.79 Å². The molecule has 0 N–H and O–H groups in total. The van der Waals surface area contributed by atoms with Crippen LogP contribution in [0.1, 0.15) is 18.1 Å². The minimum absolute atomic E-state index is 0.627. The number of allylic oxidation sites excluding steroid dienone is 1. The van der Waals surface area contributed by atoms with Crippen molar-refractivity contribution < 1.29 is 4.79 Å². The van der Waals surface area contributed by atoms with Gasteiger partial charge in [0.1, 0.15) is 0 Å². The van der Waals surface area contributed by atoms with Crippen molar-refractivity contribution in [1.82, 2.24) is 0 Å². The average Bonchev–Trinajstić information content (AvgIpc) is 2.41. The molecular formula is C16H13O. The molecule has 0 unspecified atom stereocenters. The van der Waals surface area contributed by atoms with Gasteiger partial charge >= 0.3 is 0 Å². The molecule has 1 nitrogen and oxygen atoms in total. The average molecular weight is 221 g/mol. The minimum atomic E-state index is 0.627. The number of hydrogen-bond donors (Lipinski definition) is 0. The van der Waals surface area contributed by atoms with Gasteiger partial charge in [-0.1, -0.05) is 60.7 Å². The fourth-order valence-corrected chi connectivity index (χ4v) is 1.86. The molecule has 0 saturated heterocycles. The Bertz CT molecular complexity index is 482. The Labute approximate surface area is 101 Å². The molecule has 0 aliphatic rings. The van der Waals surface area contributed by atoms with E-state index in [2.05, 4.69) is 0 Å². The highest BCUT2D eigenvalue weighted by Gasteiger charge is 2.08. The van der Waals surface area contributed by atoms with Crippen LogP contribution < -0.4 is 0 Å². The molecular weight excluding hydrogens is 208 g/mol. The van der Waals surface area contributed by atoms with Gasteiger partial charge in [-0.2, -0.15) is 0 Å². The van der Waals surface area contributed by atoms with Crippen LogP contribution in [-0.4, -0.2) is 6.29 Å². The van der Waals surface area contributed by atoms with Crippen molar-refractivity contribution in [3.8, 4) is 0 Å². The maximum Gasteiger partial charge on any atom is 0.229 e. The summed E-state index contributed by atoms with van der Waals surface area (Å²) in [6.45, 7) is 1.79. The molecule has 0 heterocycles. The Morgan fingerprint density at radius 2 is 1.24 bits per heavy atom. The quantitative estimate of drug-likeness (QED) is 0.723. The molecule has 1 radical (unpaired) electrons. The van der Waals surface area contributed by atoms with Crippen molar-refractivity contribution in [2.75, 3.05) is 0 Å². The second kappa shape index (κ2) is 5.26. The van der Waals surface area contributed by atoms with E-state index < -0.39 is 0 Å². The summed E-state index contributed by atoms with van der Waals surface area (Å²) < 4.78 is 0. The number of rotatable bonds is 3. The lowest BCUT2D eigenvalue weighted by Crippen LogP contribution is -1.92. The zero-order chi connectivity index (χ0) is 12.1. The topological polar surface area (TPSA) is 17.1 Å². The molecule has 0 aliphatic heterocycles. The summed E-state index contributed by atoms with van der Waals surface area (Å²) in [5, 5.41) is 0. The lowest BCUT2D eigenvalue weighted by atomic mass is 9.94. The second-order valence-electron chi connectivity index (χ2n) is 3.83. The van der Waals surface area contributed by atoms with Gasteiger partial charge in [-0.25, -0.2) is 0 Å². The molecule has 0 spiro atoms. The van der Waals surface area contributed by atoms with Gasteiger partial charge in [0, 0.05) is 5.57 Å². The highest BCUT2D eigenvalue weighted by atomic mass is 16.1. The third-order valence-corrected chi connectivity index (χ3v) is 2.65. The highest BCUT2D eigenvalue weighted by Crippen LogP contribution is 2.25. The summed E-state index contributed by atoms with van der Waals surface area (Å²) in [5.74, 6) is 0. The summed E-state index contributed by atoms with van der Waals surface area (Å²) in [7, 11) is 0. The summed E-state index contributed by atoms with van der Waals surface area (Å²) in [5.41, 5.74) is 3.66. The van der Waals surface area contributed by atoms with Crippen LogP contribution in [0.15, 0.2) is 66.2 Å². The van der Waals surface area contributed by atoms with E-state index in [1.165, 1.54) is 0 Å². The molecule has 0 atom stereocenters. The minimum Gasteiger partial charge on any atom is -0.285 e. The molecule has 0 amide bonds. The standard InChI is InChI=1S/C16H13O/c1-13(12-17)16(14-8-4-2-5-9-14)15-10-6-3-7-11-15/h2-11H,1H3. The van der Waals surface area contributed by atoms with E-state index in [0.29, 0.717) is 5.57 Å². The Kier molecular flexibility index (Phi) is 3.51. The molecule has 0 fully saturated rings. The molecule has 2 aromatic carbocycles. The first kappa shape index (κ1) is 11.3. The van der Waals surface area contributed by atoms with Crippen molar-refractivity contribution in [1.29, 1.82) is 0 Å². The number of benzene rings is 2. The number of carbonyl (C=O) groups excluding carboxylic acids is 1. The third-order valence-electron chi connectivity index (χ3n) is 2.65. The van der Waals surface area contributed by atoms with E-state index >= 15 is 0 Å². The molecule has 17 heavy (non-hydrogen) atoms. The molecule has 0 aliphatic carbocycles. The highest BCUT2D eigenvalue weighted by molar-refractivity contribution is 5.94. The third kappa shape index (κ3) is 2.51. The Balaban J connectivity index is 2.60. The van der Waals surface area contributed by atoms with E-state index in [4.69, 9.17) is 0 Å². The Hall–Kier alpha value is -2.15. The van der Waals surface area contributed by atoms with Crippen molar-refractivity contribution in [2.24, 2.45) is 0 Å². The van der Waals surface area contributed by atoms with E-state index in [1.807, 2.05) is 66.9 Å². The summed E-state index contributed by atoms with van der Waals surface area (Å²) in [6.07, 6.45) is 1.99. The first-order valence-corrected chi connectivity index (χ1v) is 5.53. The van der Waals surface area contributed by atoms with E-state index in [9.17, 15) is 4.79 Å². The Morgan fingerprint density at radius 3 is 1.59 bits per heavy atom. The van der Waals surface area contributed by atoms with Crippen LogP contribution >= 0.6 is 0 Å². The largest absolute Gasteiger partial charge is 0.285 e. The van der Waals surface area contributed by atoms with Crippen LogP contribution in [0.4, 0.5) is 0 Å². The molecule has 0 bridgehead atoms. The van der Waals surface area contributed by atoms with Crippen LogP contribution in [0.25, 0.3) is 5.57 Å². The zero-order valence-corrected chi connectivity index (χ0v) is 9.68. The van der Waals surface area contributed by atoms with Gasteiger partial charge in [0.15, 0.2) is 0 Å². The lowest BCUT2D eigenvalue weighted by molar-refractivity contribution is 0.562. The fraction of sp³-hybridized carbons (Fsp3) is 0.0625. The van der Waals surface area contributed by atoms with Crippen molar-refractivity contribution in [3.05, 3.63) is 77.4 Å². The molecule has 1 heteroatoms. The van der Waals surface area contributed by atoms with E-state index in [0.717, 1.165) is 16.7 Å². The van der Waals surface area contributed by atoms with Gasteiger partial charge < -0.3 is 0 Å². The zero-order valence-electron chi connectivity index (χ0n) is 9.68.